The first kappa shape index (κ1) is 26.2. The molecule has 0 heterocycles. The van der Waals surface area contributed by atoms with Gasteiger partial charge in [-0.15, -0.1) is 0 Å². The summed E-state index contributed by atoms with van der Waals surface area (Å²) in [5.74, 6) is 0.856. The molecule has 2 saturated carbocycles. The first-order chi connectivity index (χ1) is 15.4. The molecule has 0 aromatic carbocycles. The van der Waals surface area contributed by atoms with Crippen LogP contribution in [0.5, 0.6) is 0 Å². The summed E-state index contributed by atoms with van der Waals surface area (Å²) >= 11 is 0. The van der Waals surface area contributed by atoms with Gasteiger partial charge in [-0.1, -0.05) is 46.8 Å². The van der Waals surface area contributed by atoms with Crippen LogP contribution in [0.2, 0.25) is 0 Å². The molecule has 8 atom stereocenters. The van der Waals surface area contributed by atoms with Crippen LogP contribution in [0.1, 0.15) is 80.1 Å². The average molecular weight is 461 g/mol. The fraction of sp³-hybridized carbons (Fsp3) is 0.786. The van der Waals surface area contributed by atoms with Gasteiger partial charge in [-0.05, 0) is 79.3 Å². The van der Waals surface area contributed by atoms with E-state index in [2.05, 4.69) is 39.8 Å². The quantitative estimate of drug-likeness (QED) is 0.419. The number of hydrogen-bond donors (Lipinski definition) is 2. The summed E-state index contributed by atoms with van der Waals surface area (Å²) in [6, 6.07) is 0. The van der Waals surface area contributed by atoms with Crippen LogP contribution < -0.4 is 0 Å². The molecule has 0 amide bonds. The van der Waals surface area contributed by atoms with E-state index in [-0.39, 0.29) is 29.0 Å². The largest absolute Gasteiger partial charge is 0.466 e. The minimum absolute atomic E-state index is 0.0275. The fourth-order valence-electron chi connectivity index (χ4n) is 7.05. The summed E-state index contributed by atoms with van der Waals surface area (Å²) in [5, 5.41) is 21.2. The lowest BCUT2D eigenvalue weighted by Crippen LogP contribution is -2.52. The molecule has 0 aromatic heterocycles. The van der Waals surface area contributed by atoms with E-state index in [1.807, 2.05) is 6.92 Å². The maximum atomic E-state index is 13.9. The number of aliphatic hydroxyl groups excluding tert-OH is 2. The lowest BCUT2D eigenvalue weighted by molar-refractivity contribution is -0.143. The van der Waals surface area contributed by atoms with Gasteiger partial charge in [0.1, 0.15) is 0 Å². The molecule has 0 spiro atoms. The SMILES string of the molecule is CC(=O)OCC[C@@]1(C)[C@@H]([C@H](C)/C=C/C(C)C)CC[C@H]1C1=C[C@H](O)[C@H]2C[C@@H](O)CC[C@]2(C)C1=O. The molecule has 0 bridgehead atoms. The molecule has 0 saturated heterocycles. The normalized spacial score (nSPS) is 40.1. The van der Waals surface area contributed by atoms with E-state index < -0.39 is 17.6 Å². The van der Waals surface area contributed by atoms with Crippen molar-refractivity contribution >= 4 is 11.8 Å². The molecule has 0 radical (unpaired) electrons. The predicted octanol–water partition coefficient (Wildman–Crippen LogP) is 4.86. The van der Waals surface area contributed by atoms with E-state index in [1.165, 1.54) is 6.92 Å². The number of carbonyl (C=O) groups excluding carboxylic acids is 2. The molecule has 5 nitrogen and oxygen atoms in total. The number of esters is 1. The standard InChI is InChI=1S/C28H44O5/c1-17(2)7-8-18(3)22-9-10-23(27(22,5)13-14-33-19(4)29)21-16-25(31)24-15-20(30)11-12-28(24,6)26(21)32/h7-8,16-18,20,22-25,30-31H,9-15H2,1-6H3/b8-7+/t18-,20+,22-,23+,24-,25+,27+,28+/m1/s1. The van der Waals surface area contributed by atoms with E-state index in [0.29, 0.717) is 50.0 Å². The first-order valence-electron chi connectivity index (χ1n) is 12.8. The minimum atomic E-state index is -0.715. The molecular weight excluding hydrogens is 416 g/mol. The third-order valence-electron chi connectivity index (χ3n) is 9.05. The Kier molecular flexibility index (Phi) is 7.95. The Morgan fingerprint density at radius 2 is 1.88 bits per heavy atom. The maximum absolute atomic E-state index is 13.9. The van der Waals surface area contributed by atoms with Gasteiger partial charge in [0, 0.05) is 18.3 Å². The van der Waals surface area contributed by atoms with Crippen LogP contribution in [-0.4, -0.2) is 40.8 Å². The second kappa shape index (κ2) is 10.0. The Labute approximate surface area is 199 Å². The number of carbonyl (C=O) groups is 2. The van der Waals surface area contributed by atoms with E-state index in [1.54, 1.807) is 6.08 Å². The van der Waals surface area contributed by atoms with Crippen LogP contribution in [0.3, 0.4) is 0 Å². The number of rotatable bonds is 7. The Hall–Kier alpha value is -1.46. The van der Waals surface area contributed by atoms with Crippen molar-refractivity contribution in [1.82, 2.24) is 0 Å². The number of ketones is 1. The number of hydrogen-bond acceptors (Lipinski definition) is 5. The molecule has 3 aliphatic carbocycles. The molecule has 0 aromatic rings. The molecule has 33 heavy (non-hydrogen) atoms. The summed E-state index contributed by atoms with van der Waals surface area (Å²) < 4.78 is 5.36. The van der Waals surface area contributed by atoms with Gasteiger partial charge in [0.15, 0.2) is 5.78 Å². The molecule has 0 aliphatic heterocycles. The molecule has 3 rings (SSSR count). The number of Topliss-reactive ketones (excluding diaryl/α,β-unsaturated/α-hetero) is 1. The molecule has 2 fully saturated rings. The smallest absolute Gasteiger partial charge is 0.302 e. The van der Waals surface area contributed by atoms with Crippen molar-refractivity contribution in [2.45, 2.75) is 92.3 Å². The van der Waals surface area contributed by atoms with Gasteiger partial charge in [0.05, 0.1) is 18.8 Å². The second-order valence-electron chi connectivity index (χ2n) is 11.7. The average Bonchev–Trinajstić information content (AvgIpc) is 3.07. The number of aliphatic hydroxyl groups is 2. The van der Waals surface area contributed by atoms with Gasteiger partial charge in [0.2, 0.25) is 0 Å². The van der Waals surface area contributed by atoms with Crippen molar-refractivity contribution in [3.63, 3.8) is 0 Å². The highest BCUT2D eigenvalue weighted by Crippen LogP contribution is 2.59. The van der Waals surface area contributed by atoms with Gasteiger partial charge in [-0.25, -0.2) is 0 Å². The van der Waals surface area contributed by atoms with Gasteiger partial charge < -0.3 is 14.9 Å². The van der Waals surface area contributed by atoms with Crippen LogP contribution in [0, 0.1) is 40.4 Å². The van der Waals surface area contributed by atoms with Crippen molar-refractivity contribution in [2.24, 2.45) is 40.4 Å². The molecular formula is C28H44O5. The minimum Gasteiger partial charge on any atom is -0.466 e. The van der Waals surface area contributed by atoms with Gasteiger partial charge >= 0.3 is 5.97 Å². The highest BCUT2D eigenvalue weighted by molar-refractivity contribution is 6.01. The van der Waals surface area contributed by atoms with Gasteiger partial charge in [-0.3, -0.25) is 9.59 Å². The van der Waals surface area contributed by atoms with E-state index >= 15 is 0 Å². The molecule has 3 aliphatic rings. The zero-order valence-electron chi connectivity index (χ0n) is 21.3. The highest BCUT2D eigenvalue weighted by Gasteiger charge is 2.56. The summed E-state index contributed by atoms with van der Waals surface area (Å²) in [7, 11) is 0. The number of allylic oxidation sites excluding steroid dienone is 3. The lowest BCUT2D eigenvalue weighted by atomic mass is 9.55. The third-order valence-corrected chi connectivity index (χ3v) is 9.05. The van der Waals surface area contributed by atoms with Gasteiger partial charge in [-0.2, -0.15) is 0 Å². The number of fused-ring (bicyclic) bond motifs is 1. The molecule has 5 heteroatoms. The van der Waals surface area contributed by atoms with Crippen molar-refractivity contribution in [3.05, 3.63) is 23.8 Å². The Balaban J connectivity index is 1.94. The zero-order valence-corrected chi connectivity index (χ0v) is 21.3. The molecule has 0 unspecified atom stereocenters. The topological polar surface area (TPSA) is 83.8 Å². The van der Waals surface area contributed by atoms with E-state index in [9.17, 15) is 19.8 Å². The van der Waals surface area contributed by atoms with Crippen LogP contribution in [0.4, 0.5) is 0 Å². The van der Waals surface area contributed by atoms with Crippen LogP contribution in [-0.2, 0) is 14.3 Å². The highest BCUT2D eigenvalue weighted by atomic mass is 16.5. The predicted molar refractivity (Wildman–Crippen MR) is 129 cm³/mol. The molecule has 2 N–H and O–H groups in total. The van der Waals surface area contributed by atoms with Crippen LogP contribution in [0.15, 0.2) is 23.8 Å². The van der Waals surface area contributed by atoms with Crippen LogP contribution >= 0.6 is 0 Å². The van der Waals surface area contributed by atoms with Gasteiger partial charge in [0.25, 0.3) is 0 Å². The van der Waals surface area contributed by atoms with Crippen molar-refractivity contribution in [2.75, 3.05) is 6.61 Å². The van der Waals surface area contributed by atoms with Crippen molar-refractivity contribution in [3.8, 4) is 0 Å². The number of ether oxygens (including phenoxy) is 1. The summed E-state index contributed by atoms with van der Waals surface area (Å²) in [6.07, 6.45) is 9.48. The summed E-state index contributed by atoms with van der Waals surface area (Å²) in [6.45, 7) is 12.6. The zero-order chi connectivity index (χ0) is 24.6. The Bertz CT molecular complexity index is 798. The van der Waals surface area contributed by atoms with Crippen molar-refractivity contribution < 1.29 is 24.5 Å². The summed E-state index contributed by atoms with van der Waals surface area (Å²) in [4.78, 5) is 25.4. The van der Waals surface area contributed by atoms with E-state index in [4.69, 9.17) is 4.74 Å². The Morgan fingerprint density at radius 1 is 1.18 bits per heavy atom. The third kappa shape index (κ3) is 5.14. The molecule has 186 valence electrons. The second-order valence-corrected chi connectivity index (χ2v) is 11.7. The van der Waals surface area contributed by atoms with E-state index in [0.717, 1.165) is 18.4 Å². The first-order valence-corrected chi connectivity index (χ1v) is 12.8. The Morgan fingerprint density at radius 3 is 2.52 bits per heavy atom. The monoisotopic (exact) mass is 460 g/mol. The summed E-state index contributed by atoms with van der Waals surface area (Å²) in [5.41, 5.74) is -0.0688. The van der Waals surface area contributed by atoms with Crippen LogP contribution in [0.25, 0.3) is 0 Å². The fourth-order valence-corrected chi connectivity index (χ4v) is 7.05. The van der Waals surface area contributed by atoms with Crippen molar-refractivity contribution in [1.29, 1.82) is 0 Å². The lowest BCUT2D eigenvalue weighted by Gasteiger charge is -2.49. The maximum Gasteiger partial charge on any atom is 0.302 e.